The van der Waals surface area contributed by atoms with Gasteiger partial charge in [-0.1, -0.05) is 6.07 Å². The zero-order chi connectivity index (χ0) is 12.3. The second-order valence-electron chi connectivity index (χ2n) is 5.41. The van der Waals surface area contributed by atoms with E-state index in [-0.39, 0.29) is 5.54 Å². The summed E-state index contributed by atoms with van der Waals surface area (Å²) < 4.78 is 0. The van der Waals surface area contributed by atoms with Gasteiger partial charge in [0, 0.05) is 31.9 Å². The second kappa shape index (κ2) is 4.83. The van der Waals surface area contributed by atoms with Gasteiger partial charge in [0.05, 0.1) is 0 Å². The molecule has 0 aliphatic carbocycles. The lowest BCUT2D eigenvalue weighted by molar-refractivity contribution is 0.423. The van der Waals surface area contributed by atoms with E-state index in [1.165, 1.54) is 5.56 Å². The molecule has 0 unspecified atom stereocenters. The van der Waals surface area contributed by atoms with Crippen LogP contribution in [0.15, 0.2) is 12.1 Å². The van der Waals surface area contributed by atoms with Gasteiger partial charge in [0.2, 0.25) is 0 Å². The Hall–Kier alpha value is -1.09. The van der Waals surface area contributed by atoms with Crippen LogP contribution in [-0.2, 0) is 6.54 Å². The lowest BCUT2D eigenvalue weighted by atomic mass is 10.1. The third-order valence-corrected chi connectivity index (χ3v) is 2.45. The van der Waals surface area contributed by atoms with E-state index < -0.39 is 0 Å². The van der Waals surface area contributed by atoms with E-state index in [0.717, 1.165) is 18.1 Å². The van der Waals surface area contributed by atoms with Crippen molar-refractivity contribution in [2.75, 3.05) is 19.0 Å². The van der Waals surface area contributed by atoms with Crippen LogP contribution in [0.25, 0.3) is 0 Å². The molecule has 0 aliphatic heterocycles. The maximum atomic E-state index is 4.56. The average molecular weight is 221 g/mol. The lowest BCUT2D eigenvalue weighted by Crippen LogP contribution is -2.35. The highest BCUT2D eigenvalue weighted by molar-refractivity contribution is 5.39. The highest BCUT2D eigenvalue weighted by Gasteiger charge is 2.10. The van der Waals surface area contributed by atoms with Crippen molar-refractivity contribution in [1.29, 1.82) is 0 Å². The molecule has 0 aliphatic rings. The van der Waals surface area contributed by atoms with Crippen LogP contribution in [-0.4, -0.2) is 24.6 Å². The predicted octanol–water partition coefficient (Wildman–Crippen LogP) is 2.34. The van der Waals surface area contributed by atoms with Crippen molar-refractivity contribution in [2.24, 2.45) is 0 Å². The molecule has 0 aromatic carbocycles. The molecule has 0 saturated carbocycles. The molecule has 1 aromatic heterocycles. The summed E-state index contributed by atoms with van der Waals surface area (Å²) in [4.78, 5) is 6.58. The van der Waals surface area contributed by atoms with Gasteiger partial charge in [0.25, 0.3) is 0 Å². The molecule has 3 heteroatoms. The number of anilines is 1. The van der Waals surface area contributed by atoms with Gasteiger partial charge in [-0.05, 0) is 39.3 Å². The normalized spacial score (nSPS) is 11.6. The fourth-order valence-corrected chi connectivity index (χ4v) is 1.37. The SMILES string of the molecule is Cc1nc(N(C)C)ccc1CNC(C)(C)C. The Morgan fingerprint density at radius 3 is 2.31 bits per heavy atom. The minimum atomic E-state index is 0.145. The van der Waals surface area contributed by atoms with Crippen LogP contribution in [0, 0.1) is 6.92 Å². The Bertz CT molecular complexity index is 351. The van der Waals surface area contributed by atoms with Crippen LogP contribution >= 0.6 is 0 Å². The summed E-state index contributed by atoms with van der Waals surface area (Å²) in [6.45, 7) is 9.45. The number of aryl methyl sites for hydroxylation is 1. The minimum Gasteiger partial charge on any atom is -0.363 e. The van der Waals surface area contributed by atoms with Gasteiger partial charge >= 0.3 is 0 Å². The summed E-state index contributed by atoms with van der Waals surface area (Å²) in [5.74, 6) is 1.01. The molecule has 1 N–H and O–H groups in total. The summed E-state index contributed by atoms with van der Waals surface area (Å²) in [6, 6.07) is 4.21. The van der Waals surface area contributed by atoms with Gasteiger partial charge in [-0.25, -0.2) is 4.98 Å². The number of pyridine rings is 1. The van der Waals surface area contributed by atoms with E-state index >= 15 is 0 Å². The van der Waals surface area contributed by atoms with Crippen LogP contribution in [0.5, 0.6) is 0 Å². The molecular weight excluding hydrogens is 198 g/mol. The quantitative estimate of drug-likeness (QED) is 0.849. The number of nitrogens with zero attached hydrogens (tertiary/aromatic N) is 2. The Kier molecular flexibility index (Phi) is 3.92. The monoisotopic (exact) mass is 221 g/mol. The first-order valence-electron chi connectivity index (χ1n) is 5.68. The number of rotatable bonds is 3. The van der Waals surface area contributed by atoms with Crippen molar-refractivity contribution < 1.29 is 0 Å². The van der Waals surface area contributed by atoms with Crippen LogP contribution < -0.4 is 10.2 Å². The van der Waals surface area contributed by atoms with Gasteiger partial charge in [0.15, 0.2) is 0 Å². The molecular formula is C13H23N3. The van der Waals surface area contributed by atoms with E-state index in [1.807, 2.05) is 19.0 Å². The lowest BCUT2D eigenvalue weighted by Gasteiger charge is -2.21. The van der Waals surface area contributed by atoms with E-state index in [2.05, 4.69) is 50.1 Å². The zero-order valence-electron chi connectivity index (χ0n) is 11.3. The maximum absolute atomic E-state index is 4.56. The molecule has 1 heterocycles. The Morgan fingerprint density at radius 1 is 1.25 bits per heavy atom. The van der Waals surface area contributed by atoms with Crippen LogP contribution in [0.2, 0.25) is 0 Å². The zero-order valence-corrected chi connectivity index (χ0v) is 11.3. The first kappa shape index (κ1) is 13.0. The van der Waals surface area contributed by atoms with E-state index in [0.29, 0.717) is 0 Å². The average Bonchev–Trinajstić information content (AvgIpc) is 2.14. The molecule has 0 bridgehead atoms. The Labute approximate surface area is 98.9 Å². The number of nitrogens with one attached hydrogen (secondary N) is 1. The van der Waals surface area contributed by atoms with E-state index in [1.54, 1.807) is 0 Å². The topological polar surface area (TPSA) is 28.2 Å². The van der Waals surface area contributed by atoms with Gasteiger partial charge < -0.3 is 10.2 Å². The third kappa shape index (κ3) is 3.81. The van der Waals surface area contributed by atoms with Crippen LogP contribution in [0.4, 0.5) is 5.82 Å². The summed E-state index contributed by atoms with van der Waals surface area (Å²) in [7, 11) is 4.02. The largest absolute Gasteiger partial charge is 0.363 e. The van der Waals surface area contributed by atoms with E-state index in [9.17, 15) is 0 Å². The van der Waals surface area contributed by atoms with Crippen molar-refractivity contribution in [3.8, 4) is 0 Å². The molecule has 0 amide bonds. The number of aromatic nitrogens is 1. The third-order valence-electron chi connectivity index (χ3n) is 2.45. The Morgan fingerprint density at radius 2 is 1.88 bits per heavy atom. The summed E-state index contributed by atoms with van der Waals surface area (Å²) in [5, 5.41) is 3.47. The van der Waals surface area contributed by atoms with Gasteiger partial charge in [-0.3, -0.25) is 0 Å². The molecule has 0 atom stereocenters. The number of hydrogen-bond donors (Lipinski definition) is 1. The van der Waals surface area contributed by atoms with Gasteiger partial charge in [-0.15, -0.1) is 0 Å². The van der Waals surface area contributed by atoms with Crippen molar-refractivity contribution in [3.63, 3.8) is 0 Å². The van der Waals surface area contributed by atoms with E-state index in [4.69, 9.17) is 0 Å². The number of hydrogen-bond acceptors (Lipinski definition) is 3. The predicted molar refractivity (Wildman–Crippen MR) is 69.9 cm³/mol. The highest BCUT2D eigenvalue weighted by atomic mass is 15.1. The minimum absolute atomic E-state index is 0.145. The van der Waals surface area contributed by atoms with Crippen molar-refractivity contribution in [2.45, 2.75) is 39.8 Å². The second-order valence-corrected chi connectivity index (χ2v) is 5.41. The summed E-state index contributed by atoms with van der Waals surface area (Å²) in [6.07, 6.45) is 0. The standard InChI is InChI=1S/C13H23N3/c1-10-11(9-14-13(2,3)4)7-8-12(15-10)16(5)6/h7-8,14H,9H2,1-6H3. The van der Waals surface area contributed by atoms with Crippen LogP contribution in [0.1, 0.15) is 32.0 Å². The molecule has 16 heavy (non-hydrogen) atoms. The van der Waals surface area contributed by atoms with Gasteiger partial charge in [0.1, 0.15) is 5.82 Å². The fraction of sp³-hybridized carbons (Fsp3) is 0.615. The molecule has 1 rings (SSSR count). The molecule has 1 aromatic rings. The van der Waals surface area contributed by atoms with Crippen molar-refractivity contribution in [3.05, 3.63) is 23.4 Å². The van der Waals surface area contributed by atoms with Gasteiger partial charge in [-0.2, -0.15) is 0 Å². The molecule has 0 saturated heterocycles. The smallest absolute Gasteiger partial charge is 0.128 e. The first-order valence-corrected chi connectivity index (χ1v) is 5.68. The molecule has 0 spiro atoms. The molecule has 0 radical (unpaired) electrons. The molecule has 90 valence electrons. The first-order chi connectivity index (χ1) is 7.29. The summed E-state index contributed by atoms with van der Waals surface area (Å²) >= 11 is 0. The van der Waals surface area contributed by atoms with Crippen molar-refractivity contribution >= 4 is 5.82 Å². The van der Waals surface area contributed by atoms with Crippen molar-refractivity contribution in [1.82, 2.24) is 10.3 Å². The highest BCUT2D eigenvalue weighted by Crippen LogP contribution is 2.13. The molecule has 3 nitrogen and oxygen atoms in total. The fourth-order valence-electron chi connectivity index (χ4n) is 1.37. The van der Waals surface area contributed by atoms with Crippen LogP contribution in [0.3, 0.4) is 0 Å². The maximum Gasteiger partial charge on any atom is 0.128 e. The molecule has 0 fully saturated rings. The Balaban J connectivity index is 2.76. The summed E-state index contributed by atoms with van der Waals surface area (Å²) in [5.41, 5.74) is 2.51.